The van der Waals surface area contributed by atoms with E-state index in [9.17, 15) is 0 Å². The topological polar surface area (TPSA) is 0 Å². The fourth-order valence-electron chi connectivity index (χ4n) is 3.85. The molecule has 0 rings (SSSR count). The van der Waals surface area contributed by atoms with Gasteiger partial charge in [-0.3, -0.25) is 0 Å². The fraction of sp³-hybridized carbons (Fsp3) is 1.00. The SMILES string of the molecule is CCCCCCCCCCC[P+](CCC)(CCC)CCC. The average molecular weight is 316 g/mol. The van der Waals surface area contributed by atoms with E-state index in [1.807, 2.05) is 0 Å². The molecule has 0 aliphatic carbocycles. The van der Waals surface area contributed by atoms with Crippen molar-refractivity contribution >= 4 is 7.26 Å². The summed E-state index contributed by atoms with van der Waals surface area (Å²) < 4.78 is 0. The second-order valence-corrected chi connectivity index (χ2v) is 11.5. The molecule has 0 aromatic rings. The van der Waals surface area contributed by atoms with E-state index in [4.69, 9.17) is 0 Å². The van der Waals surface area contributed by atoms with Gasteiger partial charge in [0.2, 0.25) is 0 Å². The maximum atomic E-state index is 2.40. The second kappa shape index (κ2) is 15.3. The molecule has 0 radical (unpaired) electrons. The molecule has 0 aromatic heterocycles. The number of hydrogen-bond donors (Lipinski definition) is 0. The summed E-state index contributed by atoms with van der Waals surface area (Å²) in [5.41, 5.74) is 0. The van der Waals surface area contributed by atoms with E-state index in [-0.39, 0.29) is 0 Å². The van der Waals surface area contributed by atoms with Crippen molar-refractivity contribution < 1.29 is 0 Å². The lowest BCUT2D eigenvalue weighted by Gasteiger charge is -2.27. The molecular formula is C20H44P+. The van der Waals surface area contributed by atoms with Gasteiger partial charge in [-0.05, 0) is 32.1 Å². The molecule has 0 unspecified atom stereocenters. The van der Waals surface area contributed by atoms with Gasteiger partial charge in [0.1, 0.15) is 0 Å². The van der Waals surface area contributed by atoms with Gasteiger partial charge in [0.25, 0.3) is 0 Å². The van der Waals surface area contributed by atoms with E-state index in [2.05, 4.69) is 27.7 Å². The molecular weight excluding hydrogens is 271 g/mol. The summed E-state index contributed by atoms with van der Waals surface area (Å²) in [5.74, 6) is 0. The minimum Gasteiger partial charge on any atom is -0.0654 e. The van der Waals surface area contributed by atoms with Crippen LogP contribution in [-0.2, 0) is 0 Å². The Morgan fingerprint density at radius 3 is 1.14 bits per heavy atom. The van der Waals surface area contributed by atoms with E-state index in [1.165, 1.54) is 77.0 Å². The second-order valence-electron chi connectivity index (χ2n) is 7.06. The smallest absolute Gasteiger partial charge is 0.0594 e. The third kappa shape index (κ3) is 11.6. The molecule has 0 N–H and O–H groups in total. The van der Waals surface area contributed by atoms with Gasteiger partial charge < -0.3 is 0 Å². The van der Waals surface area contributed by atoms with Crippen LogP contribution >= 0.6 is 7.26 Å². The Labute approximate surface area is 137 Å². The van der Waals surface area contributed by atoms with Gasteiger partial charge in [0.15, 0.2) is 0 Å². The summed E-state index contributed by atoms with van der Waals surface area (Å²) in [5, 5.41) is 0. The van der Waals surface area contributed by atoms with Crippen LogP contribution in [0.2, 0.25) is 0 Å². The first-order chi connectivity index (χ1) is 10.2. The summed E-state index contributed by atoms with van der Waals surface area (Å²) >= 11 is 0. The molecule has 0 aliphatic rings. The Balaban J connectivity index is 3.76. The van der Waals surface area contributed by atoms with Crippen LogP contribution in [0, 0.1) is 0 Å². The summed E-state index contributed by atoms with van der Waals surface area (Å²) in [4.78, 5) is 0. The highest BCUT2D eigenvalue weighted by Crippen LogP contribution is 2.60. The molecule has 128 valence electrons. The van der Waals surface area contributed by atoms with Crippen LogP contribution in [0.25, 0.3) is 0 Å². The highest BCUT2D eigenvalue weighted by Gasteiger charge is 2.33. The highest BCUT2D eigenvalue weighted by molar-refractivity contribution is 7.75. The van der Waals surface area contributed by atoms with Crippen molar-refractivity contribution in [2.45, 2.75) is 105 Å². The van der Waals surface area contributed by atoms with E-state index in [0.717, 1.165) is 0 Å². The molecule has 0 saturated heterocycles. The molecule has 0 heterocycles. The van der Waals surface area contributed by atoms with Crippen molar-refractivity contribution in [3.8, 4) is 0 Å². The van der Waals surface area contributed by atoms with Crippen molar-refractivity contribution in [1.29, 1.82) is 0 Å². The number of hydrogen-bond acceptors (Lipinski definition) is 0. The first-order valence-corrected chi connectivity index (χ1v) is 12.6. The van der Waals surface area contributed by atoms with Gasteiger partial charge in [-0.25, -0.2) is 0 Å². The summed E-state index contributed by atoms with van der Waals surface area (Å²) in [6.45, 7) is 9.50. The Hall–Kier alpha value is 0.430. The zero-order valence-electron chi connectivity index (χ0n) is 15.8. The molecule has 0 aromatic carbocycles. The molecule has 0 atom stereocenters. The van der Waals surface area contributed by atoms with Gasteiger partial charge in [0, 0.05) is 7.26 Å². The zero-order valence-corrected chi connectivity index (χ0v) is 16.7. The quantitative estimate of drug-likeness (QED) is 0.201. The third-order valence-corrected chi connectivity index (χ3v) is 10.3. The molecule has 0 fully saturated rings. The molecule has 21 heavy (non-hydrogen) atoms. The Morgan fingerprint density at radius 1 is 0.381 bits per heavy atom. The molecule has 1 heteroatoms. The predicted octanol–water partition coefficient (Wildman–Crippen LogP) is 7.76. The van der Waals surface area contributed by atoms with Gasteiger partial charge in [-0.1, -0.05) is 72.6 Å². The minimum absolute atomic E-state index is 0.567. The predicted molar refractivity (Wildman–Crippen MR) is 104 cm³/mol. The summed E-state index contributed by atoms with van der Waals surface area (Å²) in [6, 6.07) is 0. The van der Waals surface area contributed by atoms with Gasteiger partial charge in [-0.15, -0.1) is 0 Å². The monoisotopic (exact) mass is 315 g/mol. The lowest BCUT2D eigenvalue weighted by molar-refractivity contribution is 0.572. The van der Waals surface area contributed by atoms with Crippen molar-refractivity contribution in [1.82, 2.24) is 0 Å². The van der Waals surface area contributed by atoms with E-state index < -0.39 is 7.26 Å². The number of rotatable bonds is 16. The summed E-state index contributed by atoms with van der Waals surface area (Å²) in [6.07, 6.45) is 23.9. The van der Waals surface area contributed by atoms with Gasteiger partial charge in [0.05, 0.1) is 24.6 Å². The van der Waals surface area contributed by atoms with Crippen LogP contribution < -0.4 is 0 Å². The molecule has 0 spiro atoms. The van der Waals surface area contributed by atoms with Crippen LogP contribution in [0.15, 0.2) is 0 Å². The van der Waals surface area contributed by atoms with Crippen LogP contribution in [0.1, 0.15) is 105 Å². The van der Waals surface area contributed by atoms with Crippen molar-refractivity contribution in [3.63, 3.8) is 0 Å². The standard InChI is InChI=1S/C20H44P/c1-5-9-10-11-12-13-14-15-16-20-21(17-6-2,18-7-3)19-8-4/h5-20H2,1-4H3/q+1. The van der Waals surface area contributed by atoms with Gasteiger partial charge in [-0.2, -0.15) is 0 Å². The van der Waals surface area contributed by atoms with Crippen LogP contribution in [0.4, 0.5) is 0 Å². The largest absolute Gasteiger partial charge is 0.0654 e. The van der Waals surface area contributed by atoms with Crippen LogP contribution in [0.5, 0.6) is 0 Å². The average Bonchev–Trinajstić information content (AvgIpc) is 2.46. The minimum atomic E-state index is -0.567. The van der Waals surface area contributed by atoms with Crippen molar-refractivity contribution in [3.05, 3.63) is 0 Å². The molecule has 0 saturated carbocycles. The van der Waals surface area contributed by atoms with E-state index >= 15 is 0 Å². The van der Waals surface area contributed by atoms with Gasteiger partial charge >= 0.3 is 0 Å². The Kier molecular flexibility index (Phi) is 15.6. The molecule has 0 aliphatic heterocycles. The normalized spacial score (nSPS) is 12.0. The Bertz CT molecular complexity index is 183. The maximum absolute atomic E-state index is 2.40. The zero-order chi connectivity index (χ0) is 15.8. The van der Waals surface area contributed by atoms with E-state index in [1.54, 1.807) is 24.6 Å². The number of unbranched alkanes of at least 4 members (excludes halogenated alkanes) is 8. The van der Waals surface area contributed by atoms with Crippen LogP contribution in [-0.4, -0.2) is 24.6 Å². The molecule has 0 amide bonds. The molecule has 0 bridgehead atoms. The molecule has 0 nitrogen and oxygen atoms in total. The Morgan fingerprint density at radius 2 is 0.762 bits per heavy atom. The third-order valence-electron chi connectivity index (χ3n) is 4.83. The first kappa shape index (κ1) is 21.4. The van der Waals surface area contributed by atoms with E-state index in [0.29, 0.717) is 0 Å². The summed E-state index contributed by atoms with van der Waals surface area (Å²) in [7, 11) is -0.567. The lowest BCUT2D eigenvalue weighted by atomic mass is 10.1. The highest BCUT2D eigenvalue weighted by atomic mass is 31.2. The van der Waals surface area contributed by atoms with Crippen molar-refractivity contribution in [2.24, 2.45) is 0 Å². The first-order valence-electron chi connectivity index (χ1n) is 10.1. The van der Waals surface area contributed by atoms with Crippen molar-refractivity contribution in [2.75, 3.05) is 24.6 Å². The lowest BCUT2D eigenvalue weighted by Crippen LogP contribution is -2.11. The fourth-order valence-corrected chi connectivity index (χ4v) is 8.93. The maximum Gasteiger partial charge on any atom is 0.0594 e. The van der Waals surface area contributed by atoms with Crippen LogP contribution in [0.3, 0.4) is 0 Å².